The fourth-order valence-corrected chi connectivity index (χ4v) is 4.67. The van der Waals surface area contributed by atoms with Gasteiger partial charge in [0, 0.05) is 16.2 Å². The Morgan fingerprint density at radius 1 is 0.966 bits per heavy atom. The lowest BCUT2D eigenvalue weighted by molar-refractivity contribution is 0.0973. The lowest BCUT2D eigenvalue weighted by Crippen LogP contribution is -2.45. The number of anilines is 2. The first-order chi connectivity index (χ1) is 14.0. The van der Waals surface area contributed by atoms with Crippen LogP contribution in [-0.2, 0) is 0 Å². The first kappa shape index (κ1) is 19.7. The van der Waals surface area contributed by atoms with E-state index in [1.165, 1.54) is 11.1 Å². The first-order valence-electron chi connectivity index (χ1n) is 9.97. The van der Waals surface area contributed by atoms with Crippen molar-refractivity contribution >= 4 is 33.2 Å². The molecule has 3 aromatic carbocycles. The first-order valence-corrected chi connectivity index (χ1v) is 10.8. The maximum absolute atomic E-state index is 13.5. The summed E-state index contributed by atoms with van der Waals surface area (Å²) >= 11 is 3.55. The van der Waals surface area contributed by atoms with E-state index in [1.807, 2.05) is 29.2 Å². The number of hydrogen-bond donors (Lipinski definition) is 1. The molecule has 29 heavy (non-hydrogen) atoms. The molecule has 4 rings (SSSR count). The molecule has 0 aliphatic carbocycles. The number of fused-ring (bicyclic) bond motifs is 1. The van der Waals surface area contributed by atoms with Crippen molar-refractivity contribution in [3.63, 3.8) is 0 Å². The molecule has 0 spiro atoms. The summed E-state index contributed by atoms with van der Waals surface area (Å²) in [5.41, 5.74) is 6.37. The van der Waals surface area contributed by atoms with Gasteiger partial charge in [-0.2, -0.15) is 0 Å². The van der Waals surface area contributed by atoms with Crippen molar-refractivity contribution in [3.05, 3.63) is 93.5 Å². The number of amides is 1. The van der Waals surface area contributed by atoms with Crippen molar-refractivity contribution in [3.8, 4) is 0 Å². The molecule has 0 saturated carbocycles. The standard InChI is InChI=1S/C25H25BrN2O/c1-16-9-4-7-14-22(16)27-23-15-18(3)28(24-17(2)10-8-12-20(23)24)25(29)19-11-5-6-13-21(19)26/h4-14,18,23,27H,15H2,1-3H3. The Bertz CT molecular complexity index is 1060. The highest BCUT2D eigenvalue weighted by Crippen LogP contribution is 2.42. The minimum atomic E-state index is 0.0369. The molecule has 0 fully saturated rings. The van der Waals surface area contributed by atoms with Crippen LogP contribution in [0.3, 0.4) is 0 Å². The van der Waals surface area contributed by atoms with E-state index >= 15 is 0 Å². The smallest absolute Gasteiger partial charge is 0.259 e. The normalized spacial score (nSPS) is 18.3. The number of halogens is 1. The number of rotatable bonds is 3. The lowest BCUT2D eigenvalue weighted by atomic mass is 9.88. The Morgan fingerprint density at radius 3 is 2.41 bits per heavy atom. The number of carbonyl (C=O) groups is 1. The van der Waals surface area contributed by atoms with Gasteiger partial charge < -0.3 is 10.2 Å². The van der Waals surface area contributed by atoms with Crippen LogP contribution < -0.4 is 10.2 Å². The molecule has 0 saturated heterocycles. The van der Waals surface area contributed by atoms with Gasteiger partial charge in [0.05, 0.1) is 17.3 Å². The Hall–Kier alpha value is -2.59. The average Bonchev–Trinajstić information content (AvgIpc) is 2.70. The SMILES string of the molecule is Cc1ccccc1NC1CC(C)N(C(=O)c2ccccc2Br)c2c(C)cccc21. The van der Waals surface area contributed by atoms with E-state index in [1.54, 1.807) is 0 Å². The van der Waals surface area contributed by atoms with Gasteiger partial charge in [0.15, 0.2) is 0 Å². The molecule has 1 aliphatic heterocycles. The molecule has 0 radical (unpaired) electrons. The van der Waals surface area contributed by atoms with Gasteiger partial charge in [-0.3, -0.25) is 4.79 Å². The zero-order valence-electron chi connectivity index (χ0n) is 16.9. The van der Waals surface area contributed by atoms with Crippen molar-refractivity contribution in [2.24, 2.45) is 0 Å². The van der Waals surface area contributed by atoms with E-state index in [9.17, 15) is 4.79 Å². The highest BCUT2D eigenvalue weighted by Gasteiger charge is 2.35. The highest BCUT2D eigenvalue weighted by molar-refractivity contribution is 9.10. The number of aryl methyl sites for hydroxylation is 2. The summed E-state index contributed by atoms with van der Waals surface area (Å²) < 4.78 is 0.826. The average molecular weight is 449 g/mol. The fourth-order valence-electron chi connectivity index (χ4n) is 4.21. The van der Waals surface area contributed by atoms with Crippen LogP contribution in [0.2, 0.25) is 0 Å². The molecule has 3 aromatic rings. The van der Waals surface area contributed by atoms with Crippen LogP contribution in [0.25, 0.3) is 0 Å². The number of hydrogen-bond acceptors (Lipinski definition) is 2. The van der Waals surface area contributed by atoms with Crippen molar-refractivity contribution in [1.82, 2.24) is 0 Å². The van der Waals surface area contributed by atoms with Crippen molar-refractivity contribution in [2.75, 3.05) is 10.2 Å². The van der Waals surface area contributed by atoms with Gasteiger partial charge in [-0.05, 0) is 78.0 Å². The maximum atomic E-state index is 13.5. The number of benzene rings is 3. The van der Waals surface area contributed by atoms with Crippen LogP contribution in [0.4, 0.5) is 11.4 Å². The van der Waals surface area contributed by atoms with Crippen LogP contribution in [0.1, 0.15) is 46.4 Å². The Morgan fingerprint density at radius 2 is 1.66 bits per heavy atom. The largest absolute Gasteiger partial charge is 0.378 e. The predicted molar refractivity (Wildman–Crippen MR) is 124 cm³/mol. The second-order valence-electron chi connectivity index (χ2n) is 7.76. The topological polar surface area (TPSA) is 32.3 Å². The zero-order chi connectivity index (χ0) is 20.5. The van der Waals surface area contributed by atoms with Crippen LogP contribution in [0.15, 0.2) is 71.2 Å². The van der Waals surface area contributed by atoms with E-state index in [0.29, 0.717) is 5.56 Å². The highest BCUT2D eigenvalue weighted by atomic mass is 79.9. The third-order valence-electron chi connectivity index (χ3n) is 5.70. The van der Waals surface area contributed by atoms with E-state index in [4.69, 9.17) is 0 Å². The Labute approximate surface area is 180 Å². The monoisotopic (exact) mass is 448 g/mol. The van der Waals surface area contributed by atoms with Crippen molar-refractivity contribution in [2.45, 2.75) is 39.3 Å². The molecular formula is C25H25BrN2O. The van der Waals surface area contributed by atoms with Crippen LogP contribution in [-0.4, -0.2) is 11.9 Å². The van der Waals surface area contributed by atoms with Gasteiger partial charge in [-0.1, -0.05) is 48.5 Å². The van der Waals surface area contributed by atoms with Crippen molar-refractivity contribution in [1.29, 1.82) is 0 Å². The van der Waals surface area contributed by atoms with Gasteiger partial charge in [-0.15, -0.1) is 0 Å². The van der Waals surface area contributed by atoms with E-state index in [2.05, 4.69) is 84.5 Å². The quantitative estimate of drug-likeness (QED) is 0.485. The molecule has 0 aromatic heterocycles. The number of nitrogens with zero attached hydrogens (tertiary/aromatic N) is 1. The molecule has 1 N–H and O–H groups in total. The summed E-state index contributed by atoms with van der Waals surface area (Å²) in [7, 11) is 0. The summed E-state index contributed by atoms with van der Waals surface area (Å²) in [6, 6.07) is 22.5. The molecule has 2 unspecified atom stereocenters. The number of nitrogens with one attached hydrogen (secondary N) is 1. The van der Waals surface area contributed by atoms with Crippen molar-refractivity contribution < 1.29 is 4.79 Å². The predicted octanol–water partition coefficient (Wildman–Crippen LogP) is 6.66. The summed E-state index contributed by atoms with van der Waals surface area (Å²) in [5.74, 6) is 0.0369. The van der Waals surface area contributed by atoms with Crippen LogP contribution >= 0.6 is 15.9 Å². The zero-order valence-corrected chi connectivity index (χ0v) is 18.5. The third kappa shape index (κ3) is 3.69. The summed E-state index contributed by atoms with van der Waals surface area (Å²) in [5, 5.41) is 3.73. The summed E-state index contributed by atoms with van der Waals surface area (Å²) in [6.07, 6.45) is 0.848. The van der Waals surface area contributed by atoms with Crippen LogP contribution in [0, 0.1) is 13.8 Å². The molecular weight excluding hydrogens is 424 g/mol. The lowest BCUT2D eigenvalue weighted by Gasteiger charge is -2.41. The van der Waals surface area contributed by atoms with Gasteiger partial charge in [0.2, 0.25) is 0 Å². The van der Waals surface area contributed by atoms with Gasteiger partial charge in [-0.25, -0.2) is 0 Å². The third-order valence-corrected chi connectivity index (χ3v) is 6.39. The molecule has 1 heterocycles. The Kier molecular flexibility index (Phi) is 5.46. The van der Waals surface area contributed by atoms with Crippen LogP contribution in [0.5, 0.6) is 0 Å². The Balaban J connectivity index is 1.77. The minimum Gasteiger partial charge on any atom is -0.378 e. The molecule has 4 heteroatoms. The van der Waals surface area contributed by atoms with E-state index < -0.39 is 0 Å². The second-order valence-corrected chi connectivity index (χ2v) is 8.62. The number of carbonyl (C=O) groups excluding carboxylic acids is 1. The molecule has 1 aliphatic rings. The fraction of sp³-hybridized carbons (Fsp3) is 0.240. The molecule has 148 valence electrons. The maximum Gasteiger partial charge on any atom is 0.259 e. The summed E-state index contributed by atoms with van der Waals surface area (Å²) in [6.45, 7) is 6.34. The van der Waals surface area contributed by atoms with Gasteiger partial charge in [0.25, 0.3) is 5.91 Å². The second kappa shape index (κ2) is 8.03. The molecule has 1 amide bonds. The summed E-state index contributed by atoms with van der Waals surface area (Å²) in [4.78, 5) is 15.5. The van der Waals surface area contributed by atoms with E-state index in [0.717, 1.165) is 27.8 Å². The molecule has 2 atom stereocenters. The van der Waals surface area contributed by atoms with E-state index in [-0.39, 0.29) is 18.0 Å². The minimum absolute atomic E-state index is 0.0369. The number of para-hydroxylation sites is 2. The molecule has 3 nitrogen and oxygen atoms in total. The van der Waals surface area contributed by atoms with Gasteiger partial charge in [0.1, 0.15) is 0 Å². The van der Waals surface area contributed by atoms with Gasteiger partial charge >= 0.3 is 0 Å². The molecule has 0 bridgehead atoms.